The van der Waals surface area contributed by atoms with Crippen LogP contribution in [0.15, 0.2) is 0 Å². The monoisotopic (exact) mass is 287 g/mol. The summed E-state index contributed by atoms with van der Waals surface area (Å²) in [5, 5.41) is 2.80. The van der Waals surface area contributed by atoms with Crippen molar-refractivity contribution in [3.63, 3.8) is 0 Å². The molecule has 0 bridgehead atoms. The van der Waals surface area contributed by atoms with Crippen LogP contribution in [-0.2, 0) is 9.53 Å². The summed E-state index contributed by atoms with van der Waals surface area (Å²) in [5.74, 6) is 0.377. The zero-order valence-corrected chi connectivity index (χ0v) is 11.8. The number of hydrogen-bond acceptors (Lipinski definition) is 4. The topological polar surface area (TPSA) is 67.6 Å². The number of amides is 1. The molecule has 104 valence electrons. The van der Waals surface area contributed by atoms with Crippen LogP contribution in [-0.4, -0.2) is 56.7 Å². The van der Waals surface area contributed by atoms with Crippen molar-refractivity contribution in [3.8, 4) is 0 Å². The molecule has 0 aliphatic carbocycles. The van der Waals surface area contributed by atoms with Crippen molar-refractivity contribution in [3.05, 3.63) is 0 Å². The highest BCUT2D eigenvalue weighted by Crippen LogP contribution is 2.02. The summed E-state index contributed by atoms with van der Waals surface area (Å²) in [5.41, 5.74) is 5.20. The van der Waals surface area contributed by atoms with Gasteiger partial charge in [-0.05, 0) is 5.92 Å². The Kier molecular flexibility index (Phi) is 12.5. The second-order valence-corrected chi connectivity index (χ2v) is 4.03. The molecule has 0 aromatic heterocycles. The van der Waals surface area contributed by atoms with Crippen LogP contribution in [0.2, 0.25) is 0 Å². The van der Waals surface area contributed by atoms with Crippen molar-refractivity contribution in [2.45, 2.75) is 6.92 Å². The molecule has 1 aliphatic heterocycles. The summed E-state index contributed by atoms with van der Waals surface area (Å²) in [6.07, 6.45) is 0. The molecule has 5 nitrogen and oxygen atoms in total. The molecule has 7 heteroatoms. The van der Waals surface area contributed by atoms with Gasteiger partial charge < -0.3 is 15.8 Å². The predicted octanol–water partition coefficient (Wildman–Crippen LogP) is -0.127. The summed E-state index contributed by atoms with van der Waals surface area (Å²) in [6, 6.07) is 0. The fourth-order valence-corrected chi connectivity index (χ4v) is 1.65. The van der Waals surface area contributed by atoms with Gasteiger partial charge in [0.1, 0.15) is 0 Å². The molecule has 1 heterocycles. The molecule has 0 radical (unpaired) electrons. The molecule has 1 atom stereocenters. The predicted molar refractivity (Wildman–Crippen MR) is 73.0 cm³/mol. The molecule has 17 heavy (non-hydrogen) atoms. The maximum atomic E-state index is 10.9. The maximum absolute atomic E-state index is 10.9. The summed E-state index contributed by atoms with van der Waals surface area (Å²) in [6.45, 7) is 7.55. The van der Waals surface area contributed by atoms with E-state index in [1.807, 2.05) is 0 Å². The lowest BCUT2D eigenvalue weighted by atomic mass is 10.1. The number of morpholine rings is 1. The first-order chi connectivity index (χ1) is 7.22. The minimum atomic E-state index is -0.0798. The van der Waals surface area contributed by atoms with E-state index in [1.165, 1.54) is 0 Å². The van der Waals surface area contributed by atoms with Gasteiger partial charge in [0.2, 0.25) is 5.91 Å². The van der Waals surface area contributed by atoms with Crippen LogP contribution in [0.25, 0.3) is 0 Å². The van der Waals surface area contributed by atoms with Crippen molar-refractivity contribution >= 4 is 30.7 Å². The van der Waals surface area contributed by atoms with Crippen LogP contribution < -0.4 is 11.1 Å². The number of halogens is 2. The summed E-state index contributed by atoms with van der Waals surface area (Å²) in [4.78, 5) is 13.3. The Morgan fingerprint density at radius 2 is 2.00 bits per heavy atom. The number of nitrogens with one attached hydrogen (secondary N) is 1. The smallest absolute Gasteiger partial charge is 0.233 e. The first kappa shape index (κ1) is 19.3. The fraction of sp³-hybridized carbons (Fsp3) is 0.900. The Hall–Kier alpha value is -0.0700. The van der Waals surface area contributed by atoms with Gasteiger partial charge in [0, 0.05) is 26.2 Å². The van der Waals surface area contributed by atoms with E-state index in [9.17, 15) is 4.79 Å². The first-order valence-electron chi connectivity index (χ1n) is 5.49. The van der Waals surface area contributed by atoms with E-state index in [4.69, 9.17) is 10.5 Å². The second-order valence-electron chi connectivity index (χ2n) is 4.03. The standard InChI is InChI=1S/C10H21N3O2.2ClH/c1-9(7-12-10(14)6-11)8-13-2-4-15-5-3-13;;/h9H,2-8,11H2,1H3,(H,12,14);2*1H. The largest absolute Gasteiger partial charge is 0.379 e. The second kappa shape index (κ2) is 11.0. The van der Waals surface area contributed by atoms with Crippen molar-refractivity contribution in [2.75, 3.05) is 45.9 Å². The van der Waals surface area contributed by atoms with Gasteiger partial charge in [0.25, 0.3) is 0 Å². The highest BCUT2D eigenvalue weighted by Gasteiger charge is 2.13. The summed E-state index contributed by atoms with van der Waals surface area (Å²) in [7, 11) is 0. The number of carbonyl (C=O) groups is 1. The third kappa shape index (κ3) is 8.63. The zero-order chi connectivity index (χ0) is 11.1. The van der Waals surface area contributed by atoms with Gasteiger partial charge in [-0.25, -0.2) is 0 Å². The molecule has 3 N–H and O–H groups in total. The Morgan fingerprint density at radius 1 is 1.41 bits per heavy atom. The number of ether oxygens (including phenoxy) is 1. The van der Waals surface area contributed by atoms with Gasteiger partial charge in [0.05, 0.1) is 19.8 Å². The Morgan fingerprint density at radius 3 is 2.53 bits per heavy atom. The van der Waals surface area contributed by atoms with Crippen molar-refractivity contribution in [2.24, 2.45) is 11.7 Å². The molecule has 0 spiro atoms. The normalized spacial score (nSPS) is 17.5. The van der Waals surface area contributed by atoms with Gasteiger partial charge in [0.15, 0.2) is 0 Å². The van der Waals surface area contributed by atoms with Crippen molar-refractivity contribution < 1.29 is 9.53 Å². The molecule has 0 aromatic rings. The van der Waals surface area contributed by atoms with Crippen LogP contribution in [0.4, 0.5) is 0 Å². The quantitative estimate of drug-likeness (QED) is 0.740. The third-order valence-corrected chi connectivity index (χ3v) is 2.51. The van der Waals surface area contributed by atoms with Gasteiger partial charge in [-0.15, -0.1) is 24.8 Å². The van der Waals surface area contributed by atoms with Crippen LogP contribution in [0, 0.1) is 5.92 Å². The van der Waals surface area contributed by atoms with E-state index < -0.39 is 0 Å². The summed E-state index contributed by atoms with van der Waals surface area (Å²) < 4.78 is 5.27. The van der Waals surface area contributed by atoms with Crippen molar-refractivity contribution in [1.29, 1.82) is 0 Å². The average molecular weight is 288 g/mol. The number of nitrogens with zero attached hydrogens (tertiary/aromatic N) is 1. The van der Waals surface area contributed by atoms with Crippen LogP contribution in [0.5, 0.6) is 0 Å². The Bertz CT molecular complexity index is 202. The lowest BCUT2D eigenvalue weighted by molar-refractivity contribution is -0.119. The van der Waals surface area contributed by atoms with E-state index in [0.717, 1.165) is 32.8 Å². The lowest BCUT2D eigenvalue weighted by Gasteiger charge is -2.29. The molecule has 1 aliphatic rings. The van der Waals surface area contributed by atoms with E-state index in [2.05, 4.69) is 17.1 Å². The molecule has 0 aromatic carbocycles. The molecule has 1 rings (SSSR count). The molecule has 1 fully saturated rings. The minimum Gasteiger partial charge on any atom is -0.379 e. The highest BCUT2D eigenvalue weighted by atomic mass is 35.5. The van der Waals surface area contributed by atoms with E-state index in [0.29, 0.717) is 12.5 Å². The molecule has 1 saturated heterocycles. The van der Waals surface area contributed by atoms with Gasteiger partial charge in [-0.3, -0.25) is 9.69 Å². The first-order valence-corrected chi connectivity index (χ1v) is 5.49. The van der Waals surface area contributed by atoms with Gasteiger partial charge >= 0.3 is 0 Å². The number of hydrogen-bond donors (Lipinski definition) is 2. The highest BCUT2D eigenvalue weighted by molar-refractivity contribution is 5.85. The van der Waals surface area contributed by atoms with Crippen LogP contribution in [0.3, 0.4) is 0 Å². The molecule has 1 amide bonds. The maximum Gasteiger partial charge on any atom is 0.233 e. The zero-order valence-electron chi connectivity index (χ0n) is 10.2. The van der Waals surface area contributed by atoms with E-state index in [-0.39, 0.29) is 37.3 Å². The average Bonchev–Trinajstić information content (AvgIpc) is 2.27. The number of nitrogens with two attached hydrogens (primary N) is 1. The molecular weight excluding hydrogens is 265 g/mol. The van der Waals surface area contributed by atoms with Gasteiger partial charge in [-0.2, -0.15) is 0 Å². The van der Waals surface area contributed by atoms with E-state index in [1.54, 1.807) is 0 Å². The SMILES string of the molecule is CC(CNC(=O)CN)CN1CCOCC1.Cl.Cl. The fourth-order valence-electron chi connectivity index (χ4n) is 1.65. The van der Waals surface area contributed by atoms with E-state index >= 15 is 0 Å². The van der Waals surface area contributed by atoms with Crippen LogP contribution in [0.1, 0.15) is 6.92 Å². The van der Waals surface area contributed by atoms with Crippen LogP contribution >= 0.6 is 24.8 Å². The number of carbonyl (C=O) groups excluding carboxylic acids is 1. The van der Waals surface area contributed by atoms with Crippen molar-refractivity contribution in [1.82, 2.24) is 10.2 Å². The molecule has 0 saturated carbocycles. The third-order valence-electron chi connectivity index (χ3n) is 2.51. The van der Waals surface area contributed by atoms with Gasteiger partial charge in [-0.1, -0.05) is 6.92 Å². The Balaban J connectivity index is 0. The molecular formula is C10H23Cl2N3O2. The molecule has 1 unspecified atom stereocenters. The number of rotatable bonds is 5. The Labute approximate surface area is 115 Å². The lowest BCUT2D eigenvalue weighted by Crippen LogP contribution is -2.42. The minimum absolute atomic E-state index is 0. The summed E-state index contributed by atoms with van der Waals surface area (Å²) >= 11 is 0.